The summed E-state index contributed by atoms with van der Waals surface area (Å²) in [4.78, 5) is 13.0. The lowest BCUT2D eigenvalue weighted by Crippen LogP contribution is -2.27. The van der Waals surface area contributed by atoms with Gasteiger partial charge < -0.3 is 4.90 Å². The Kier molecular flexibility index (Phi) is 3.89. The fourth-order valence-corrected chi connectivity index (χ4v) is 1.79. The molecule has 1 rings (SSSR count). The van der Waals surface area contributed by atoms with E-state index < -0.39 is 10.0 Å². The van der Waals surface area contributed by atoms with E-state index in [0.29, 0.717) is 0 Å². The van der Waals surface area contributed by atoms with Gasteiger partial charge in [0.25, 0.3) is 5.91 Å². The molecule has 5 nitrogen and oxygen atoms in total. The molecule has 0 bridgehead atoms. The third-order valence-corrected chi connectivity index (χ3v) is 3.00. The van der Waals surface area contributed by atoms with Crippen molar-refractivity contribution in [3.05, 3.63) is 29.8 Å². The van der Waals surface area contributed by atoms with Gasteiger partial charge >= 0.3 is 0 Å². The lowest BCUT2D eigenvalue weighted by atomic mass is 10.2. The monoisotopic (exact) mass is 252 g/mol. The van der Waals surface area contributed by atoms with Crippen LogP contribution < -0.4 is 5.14 Å². The van der Waals surface area contributed by atoms with Crippen molar-refractivity contribution in [3.8, 4) is 12.3 Å². The molecule has 1 aromatic rings. The van der Waals surface area contributed by atoms with E-state index in [0.717, 1.165) is 0 Å². The normalized spacial score (nSPS) is 10.6. The Hall–Kier alpha value is -1.84. The van der Waals surface area contributed by atoms with Gasteiger partial charge in [-0.15, -0.1) is 6.42 Å². The number of nitrogens with two attached hydrogens (primary N) is 1. The molecule has 17 heavy (non-hydrogen) atoms. The van der Waals surface area contributed by atoms with Crippen molar-refractivity contribution in [1.29, 1.82) is 0 Å². The van der Waals surface area contributed by atoms with Crippen LogP contribution in [0.4, 0.5) is 0 Å². The molecular formula is C11H12N2O3S. The summed E-state index contributed by atoms with van der Waals surface area (Å²) in [6.07, 6.45) is 5.08. The van der Waals surface area contributed by atoms with Crippen LogP contribution in [-0.4, -0.2) is 32.8 Å². The van der Waals surface area contributed by atoms with E-state index >= 15 is 0 Å². The minimum absolute atomic E-state index is 0.0996. The molecule has 0 aliphatic rings. The quantitative estimate of drug-likeness (QED) is 0.771. The molecule has 2 N–H and O–H groups in total. The molecule has 6 heteroatoms. The van der Waals surface area contributed by atoms with E-state index in [4.69, 9.17) is 11.6 Å². The number of primary sulfonamides is 1. The minimum Gasteiger partial charge on any atom is -0.331 e. The second-order valence-corrected chi connectivity index (χ2v) is 5.00. The van der Waals surface area contributed by atoms with Crippen LogP contribution in [0.3, 0.4) is 0 Å². The van der Waals surface area contributed by atoms with Crippen molar-refractivity contribution in [2.24, 2.45) is 5.14 Å². The van der Waals surface area contributed by atoms with Crippen molar-refractivity contribution in [3.63, 3.8) is 0 Å². The Morgan fingerprint density at radius 2 is 2.18 bits per heavy atom. The van der Waals surface area contributed by atoms with Crippen LogP contribution in [-0.2, 0) is 10.0 Å². The van der Waals surface area contributed by atoms with Crippen molar-refractivity contribution in [2.45, 2.75) is 4.90 Å². The highest BCUT2D eigenvalue weighted by Gasteiger charge is 2.14. The van der Waals surface area contributed by atoms with E-state index in [1.807, 2.05) is 0 Å². The van der Waals surface area contributed by atoms with Gasteiger partial charge in [0.15, 0.2) is 0 Å². The second-order valence-electron chi connectivity index (χ2n) is 3.44. The molecule has 1 amide bonds. The SMILES string of the molecule is C#CCN(C)C(=O)c1cccc(S(N)(=O)=O)c1. The molecule has 0 aliphatic carbocycles. The number of carbonyl (C=O) groups excluding carboxylic acids is 1. The number of nitrogens with zero attached hydrogens (tertiary/aromatic N) is 1. The first kappa shape index (κ1) is 13.2. The molecular weight excluding hydrogens is 240 g/mol. The van der Waals surface area contributed by atoms with Gasteiger partial charge in [-0.25, -0.2) is 13.6 Å². The number of carbonyl (C=O) groups is 1. The van der Waals surface area contributed by atoms with Crippen LogP contribution in [0.25, 0.3) is 0 Å². The van der Waals surface area contributed by atoms with Gasteiger partial charge in [-0.05, 0) is 18.2 Å². The molecule has 0 saturated heterocycles. The standard InChI is InChI=1S/C11H12N2O3S/c1-3-7-13(2)11(14)9-5-4-6-10(8-9)17(12,15)16/h1,4-6,8H,7H2,2H3,(H2,12,15,16). The Bertz CT molecular complexity index is 573. The van der Waals surface area contributed by atoms with Crippen LogP contribution in [0, 0.1) is 12.3 Å². The highest BCUT2D eigenvalue weighted by molar-refractivity contribution is 7.89. The van der Waals surface area contributed by atoms with Gasteiger partial charge in [-0.2, -0.15) is 0 Å². The highest BCUT2D eigenvalue weighted by Crippen LogP contribution is 2.11. The van der Waals surface area contributed by atoms with Crippen LogP contribution >= 0.6 is 0 Å². The maximum Gasteiger partial charge on any atom is 0.254 e. The van der Waals surface area contributed by atoms with Gasteiger partial charge in [0.05, 0.1) is 11.4 Å². The van der Waals surface area contributed by atoms with Crippen LogP contribution in [0.15, 0.2) is 29.2 Å². The maximum absolute atomic E-state index is 11.8. The number of sulfonamides is 1. The van der Waals surface area contributed by atoms with Crippen molar-refractivity contribution >= 4 is 15.9 Å². The molecule has 0 unspecified atom stereocenters. The lowest BCUT2D eigenvalue weighted by Gasteiger charge is -2.14. The Morgan fingerprint density at radius 1 is 1.53 bits per heavy atom. The van der Waals surface area contributed by atoms with Crippen molar-refractivity contribution < 1.29 is 13.2 Å². The zero-order valence-corrected chi connectivity index (χ0v) is 10.1. The molecule has 90 valence electrons. The first-order valence-electron chi connectivity index (χ1n) is 4.68. The summed E-state index contributed by atoms with van der Waals surface area (Å²) >= 11 is 0. The summed E-state index contributed by atoms with van der Waals surface area (Å²) in [6, 6.07) is 5.51. The van der Waals surface area contributed by atoms with E-state index in [9.17, 15) is 13.2 Å². The first-order chi connectivity index (χ1) is 7.86. The number of rotatable bonds is 3. The van der Waals surface area contributed by atoms with E-state index in [2.05, 4.69) is 5.92 Å². The number of hydrogen-bond acceptors (Lipinski definition) is 3. The Balaban J connectivity index is 3.09. The first-order valence-corrected chi connectivity index (χ1v) is 6.22. The number of amides is 1. The minimum atomic E-state index is -3.81. The summed E-state index contributed by atoms with van der Waals surface area (Å²) in [5.41, 5.74) is 0.231. The Morgan fingerprint density at radius 3 is 2.71 bits per heavy atom. The van der Waals surface area contributed by atoms with Crippen LogP contribution in [0.1, 0.15) is 10.4 Å². The molecule has 0 radical (unpaired) electrons. The predicted molar refractivity (Wildman–Crippen MR) is 63.6 cm³/mol. The largest absolute Gasteiger partial charge is 0.331 e. The number of terminal acetylenes is 1. The zero-order valence-electron chi connectivity index (χ0n) is 9.25. The molecule has 0 aliphatic heterocycles. The highest BCUT2D eigenvalue weighted by atomic mass is 32.2. The van der Waals surface area contributed by atoms with Gasteiger partial charge in [-0.3, -0.25) is 4.79 Å². The molecule has 0 spiro atoms. The average molecular weight is 252 g/mol. The second kappa shape index (κ2) is 4.99. The summed E-state index contributed by atoms with van der Waals surface area (Å²) < 4.78 is 22.2. The van der Waals surface area contributed by atoms with Crippen LogP contribution in [0.5, 0.6) is 0 Å². The number of hydrogen-bond donors (Lipinski definition) is 1. The smallest absolute Gasteiger partial charge is 0.254 e. The molecule has 0 heterocycles. The molecule has 0 saturated carbocycles. The summed E-state index contributed by atoms with van der Waals surface area (Å²) in [5.74, 6) is 1.97. The third-order valence-electron chi connectivity index (χ3n) is 2.08. The summed E-state index contributed by atoms with van der Waals surface area (Å²) in [6.45, 7) is 0.151. The maximum atomic E-state index is 11.8. The van der Waals surface area contributed by atoms with Crippen LogP contribution in [0.2, 0.25) is 0 Å². The van der Waals surface area contributed by atoms with Gasteiger partial charge in [-0.1, -0.05) is 12.0 Å². The molecule has 0 fully saturated rings. The van der Waals surface area contributed by atoms with E-state index in [1.54, 1.807) is 0 Å². The fourth-order valence-electron chi connectivity index (χ4n) is 1.24. The zero-order chi connectivity index (χ0) is 13.1. The van der Waals surface area contributed by atoms with Crippen molar-refractivity contribution in [1.82, 2.24) is 4.90 Å². The van der Waals surface area contributed by atoms with E-state index in [1.165, 1.54) is 36.2 Å². The van der Waals surface area contributed by atoms with Crippen molar-refractivity contribution in [2.75, 3.05) is 13.6 Å². The molecule has 0 aromatic heterocycles. The predicted octanol–water partition coefficient (Wildman–Crippen LogP) is 0.0392. The third kappa shape index (κ3) is 3.31. The van der Waals surface area contributed by atoms with Gasteiger partial charge in [0.1, 0.15) is 0 Å². The van der Waals surface area contributed by atoms with E-state index in [-0.39, 0.29) is 22.9 Å². The van der Waals surface area contributed by atoms with Gasteiger partial charge in [0.2, 0.25) is 10.0 Å². The fraction of sp³-hybridized carbons (Fsp3) is 0.182. The summed E-state index contributed by atoms with van der Waals surface area (Å²) in [7, 11) is -2.27. The summed E-state index contributed by atoms with van der Waals surface area (Å²) in [5, 5.41) is 4.98. The molecule has 0 atom stereocenters. The Labute approximate surface area is 100 Å². The lowest BCUT2D eigenvalue weighted by molar-refractivity contribution is 0.0812. The average Bonchev–Trinajstić information content (AvgIpc) is 2.27. The molecule has 1 aromatic carbocycles. The van der Waals surface area contributed by atoms with Gasteiger partial charge in [0, 0.05) is 12.6 Å². The number of benzene rings is 1. The topological polar surface area (TPSA) is 80.5 Å².